The van der Waals surface area contributed by atoms with Crippen molar-refractivity contribution in [1.82, 2.24) is 18.7 Å². The standard InChI is InChI=1S/C40H30N4O.Pt/c1-26-21-28(3)40(29(4)22-26)43-25-42(35-13-7-8-14-36(35)43)30-17-16-27(2)38(23-30)45-31-18-19-33-32-11-5-6-12-34(32)44(37(33)24-31)39-15-9-10-20-41-39;/h5-22H,1-4H3;/q-2;. The molecule has 0 saturated heterocycles. The second-order valence-corrected chi connectivity index (χ2v) is 12.7. The first-order chi connectivity index (χ1) is 22.4. The Kier molecular flexibility index (Phi) is 6.88. The number of nitrogens with zero attached hydrogens (tertiary/aromatic N) is 4. The van der Waals surface area contributed by atoms with E-state index in [0.29, 0.717) is 11.5 Å². The molecule has 8 rings (SSSR count). The average Bonchev–Trinajstić information content (AvgIpc) is 3.53. The first-order valence-corrected chi connectivity index (χ1v) is 16.4. The number of benzene rings is 5. The van der Waals surface area contributed by atoms with E-state index in [0.717, 1.165) is 53.7 Å². The second-order valence-electron chi connectivity index (χ2n) is 11.7. The molecular weight excluding hydrogens is 748 g/mol. The number of pyridine rings is 1. The van der Waals surface area contributed by atoms with Gasteiger partial charge in [-0.25, -0.2) is 0 Å². The molecule has 228 valence electrons. The summed E-state index contributed by atoms with van der Waals surface area (Å²) in [5.41, 5.74) is 11.1. The molecule has 6 heteroatoms. The van der Waals surface area contributed by atoms with E-state index >= 15 is 0 Å². The van der Waals surface area contributed by atoms with Gasteiger partial charge in [0, 0.05) is 6.20 Å². The van der Waals surface area contributed by atoms with Crippen molar-refractivity contribution in [3.05, 3.63) is 148 Å². The van der Waals surface area contributed by atoms with E-state index in [4.69, 9.17) is 4.74 Å². The van der Waals surface area contributed by atoms with Crippen LogP contribution in [0.25, 0.3) is 50.0 Å². The van der Waals surface area contributed by atoms with Crippen LogP contribution >= 0.6 is 0 Å². The molecule has 0 unspecified atom stereocenters. The third-order valence-corrected chi connectivity index (χ3v) is 9.56. The van der Waals surface area contributed by atoms with Gasteiger partial charge in [0.05, 0.1) is 0 Å². The quantitative estimate of drug-likeness (QED) is 0.163. The van der Waals surface area contributed by atoms with Gasteiger partial charge >= 0.3 is 249 Å². The summed E-state index contributed by atoms with van der Waals surface area (Å²) in [5.74, 6) is 2.13. The van der Waals surface area contributed by atoms with Crippen molar-refractivity contribution in [2.24, 2.45) is 0 Å². The molecule has 3 aromatic heterocycles. The number of para-hydroxylation sites is 3. The average molecular weight is 778 g/mol. The minimum atomic E-state index is 0.622. The molecule has 0 bridgehead atoms. The molecule has 0 aliphatic heterocycles. The molecule has 0 radical (unpaired) electrons. The first kappa shape index (κ1) is 28.5. The Morgan fingerprint density at radius 1 is 0.630 bits per heavy atom. The van der Waals surface area contributed by atoms with Gasteiger partial charge in [-0.3, -0.25) is 0 Å². The Labute approximate surface area is 278 Å². The van der Waals surface area contributed by atoms with Crippen molar-refractivity contribution in [2.75, 3.05) is 0 Å². The molecule has 0 aliphatic rings. The number of ether oxygens (including phenoxy) is 1. The SMILES string of the molecule is Cc1cc(C)c(-n2[c](=[Pt])n(-c3[c-]c(Oc4[c-]c5c(cc4)c4ccccc4n5-c4ccccn4)c(C)cc3)c3ccccc32)c(C)c1. The van der Waals surface area contributed by atoms with Gasteiger partial charge < -0.3 is 0 Å². The fraction of sp³-hybridized carbons (Fsp3) is 0.100. The van der Waals surface area contributed by atoms with Crippen molar-refractivity contribution in [3.63, 3.8) is 0 Å². The molecule has 8 aromatic rings. The molecule has 46 heavy (non-hydrogen) atoms. The number of aryl methyl sites for hydroxylation is 4. The normalized spacial score (nSPS) is 11.6. The van der Waals surface area contributed by atoms with Crippen molar-refractivity contribution < 1.29 is 24.1 Å². The molecule has 0 spiro atoms. The topological polar surface area (TPSA) is 36.9 Å². The van der Waals surface area contributed by atoms with E-state index in [9.17, 15) is 0 Å². The zero-order valence-electron chi connectivity index (χ0n) is 25.9. The van der Waals surface area contributed by atoms with E-state index < -0.39 is 0 Å². The zero-order valence-corrected chi connectivity index (χ0v) is 28.2. The number of fused-ring (bicyclic) bond motifs is 4. The summed E-state index contributed by atoms with van der Waals surface area (Å²) >= 11 is 2.44. The van der Waals surface area contributed by atoms with E-state index in [1.165, 1.54) is 22.4 Å². The van der Waals surface area contributed by atoms with Crippen LogP contribution < -0.4 is 4.74 Å². The monoisotopic (exact) mass is 777 g/mol. The molecule has 0 fully saturated rings. The van der Waals surface area contributed by atoms with Crippen molar-refractivity contribution in [2.45, 2.75) is 27.7 Å². The molecule has 3 heterocycles. The Morgan fingerprint density at radius 3 is 2.07 bits per heavy atom. The Bertz CT molecular complexity index is 2500. The van der Waals surface area contributed by atoms with Gasteiger partial charge in [0.25, 0.3) is 0 Å². The summed E-state index contributed by atoms with van der Waals surface area (Å²) in [6, 6.07) is 42.9. The summed E-state index contributed by atoms with van der Waals surface area (Å²) in [6.07, 6.45) is 1.82. The number of aromatic nitrogens is 4. The van der Waals surface area contributed by atoms with Crippen LogP contribution in [0.3, 0.4) is 0 Å². The van der Waals surface area contributed by atoms with Crippen LogP contribution in [-0.2, 0) is 19.4 Å². The molecule has 0 atom stereocenters. The fourth-order valence-corrected chi connectivity index (χ4v) is 7.69. The fourth-order valence-electron chi connectivity index (χ4n) is 6.62. The van der Waals surface area contributed by atoms with Gasteiger partial charge in [-0.2, -0.15) is 0 Å². The predicted molar refractivity (Wildman–Crippen MR) is 181 cm³/mol. The summed E-state index contributed by atoms with van der Waals surface area (Å²) < 4.78 is 14.4. The molecule has 5 nitrogen and oxygen atoms in total. The van der Waals surface area contributed by atoms with Gasteiger partial charge in [0.15, 0.2) is 0 Å². The molecule has 0 saturated carbocycles. The minimum absolute atomic E-state index is 0.622. The molecule has 0 aliphatic carbocycles. The number of rotatable bonds is 5. The van der Waals surface area contributed by atoms with Crippen LogP contribution in [0.5, 0.6) is 11.5 Å². The zero-order chi connectivity index (χ0) is 31.5. The van der Waals surface area contributed by atoms with Gasteiger partial charge in [0.2, 0.25) is 0 Å². The predicted octanol–water partition coefficient (Wildman–Crippen LogP) is 9.62. The van der Waals surface area contributed by atoms with Crippen LogP contribution in [0, 0.1) is 43.6 Å². The Morgan fingerprint density at radius 2 is 1.33 bits per heavy atom. The molecule has 0 N–H and O–H groups in total. The maximum absolute atomic E-state index is 6.59. The number of hydrogen-bond donors (Lipinski definition) is 0. The van der Waals surface area contributed by atoms with Crippen molar-refractivity contribution in [3.8, 4) is 28.7 Å². The summed E-state index contributed by atoms with van der Waals surface area (Å²) in [7, 11) is 0. The number of imidazole rings is 1. The van der Waals surface area contributed by atoms with Crippen LogP contribution in [0.15, 0.2) is 109 Å². The van der Waals surface area contributed by atoms with Crippen LogP contribution in [0.4, 0.5) is 0 Å². The van der Waals surface area contributed by atoms with E-state index in [1.54, 1.807) is 0 Å². The maximum atomic E-state index is 6.59. The summed E-state index contributed by atoms with van der Waals surface area (Å²) in [5, 5.41) is 2.25. The van der Waals surface area contributed by atoms with Crippen molar-refractivity contribution in [1.29, 1.82) is 0 Å². The summed E-state index contributed by atoms with van der Waals surface area (Å²) in [6.45, 7) is 8.58. The first-order valence-electron chi connectivity index (χ1n) is 15.2. The van der Waals surface area contributed by atoms with Crippen LogP contribution in [0.2, 0.25) is 0 Å². The molecular formula is C40H30N4OPt-2. The number of hydrogen-bond acceptors (Lipinski definition) is 2. The van der Waals surface area contributed by atoms with Crippen molar-refractivity contribution >= 4 is 32.8 Å². The molecule has 0 amide bonds. The van der Waals surface area contributed by atoms with Gasteiger partial charge in [-0.15, -0.1) is 0 Å². The molecule has 5 aromatic carbocycles. The van der Waals surface area contributed by atoms with Gasteiger partial charge in [-0.1, -0.05) is 18.2 Å². The van der Waals surface area contributed by atoms with E-state index in [-0.39, 0.29) is 0 Å². The second kappa shape index (κ2) is 11.1. The summed E-state index contributed by atoms with van der Waals surface area (Å²) in [4.78, 5) is 4.66. The van der Waals surface area contributed by atoms with Gasteiger partial charge in [0.1, 0.15) is 0 Å². The van der Waals surface area contributed by atoms with Crippen LogP contribution in [0.1, 0.15) is 22.3 Å². The van der Waals surface area contributed by atoms with E-state index in [1.807, 2.05) is 30.5 Å². The Balaban J connectivity index is 1.27. The third-order valence-electron chi connectivity index (χ3n) is 8.54. The Hall–Kier alpha value is -4.99. The third kappa shape index (κ3) is 4.57. The van der Waals surface area contributed by atoms with E-state index in [2.05, 4.69) is 157 Å². The van der Waals surface area contributed by atoms with Crippen LogP contribution in [-0.4, -0.2) is 18.7 Å². The van der Waals surface area contributed by atoms with Gasteiger partial charge in [-0.05, 0) is 6.07 Å².